The van der Waals surface area contributed by atoms with Gasteiger partial charge in [-0.3, -0.25) is 9.15 Å². The number of nitrogens with zero attached hydrogens (tertiary/aromatic N) is 2. The summed E-state index contributed by atoms with van der Waals surface area (Å²) >= 11 is 0. The van der Waals surface area contributed by atoms with Gasteiger partial charge in [0, 0.05) is 24.5 Å². The first-order valence-electron chi connectivity index (χ1n) is 9.64. The standard InChI is InChI=1S/C12H17NO2.C8H15NO2.H2O/c1-4-13(3)9(2)7-10-5-6-11-12(8-10)15-14-11;10-4-3-9-2-1-8(5-9)6-11-7-8;/h5-6,8-9H,4,7H2,1-3H3;10H,1-7H2;1H2. The zero-order chi connectivity index (χ0) is 18.6. The normalized spacial score (nSPS) is 19.6. The summed E-state index contributed by atoms with van der Waals surface area (Å²) in [6, 6.07) is 6.67. The topological polar surface area (TPSA) is 93.7 Å². The highest BCUT2D eigenvalue weighted by molar-refractivity contribution is 5.71. The molecule has 4 rings (SSSR count). The Morgan fingerprint density at radius 1 is 1.26 bits per heavy atom. The Morgan fingerprint density at radius 2 is 2.00 bits per heavy atom. The first-order valence-corrected chi connectivity index (χ1v) is 9.64. The van der Waals surface area contributed by atoms with Crippen LogP contribution < -0.4 is 0 Å². The molecule has 0 saturated carbocycles. The zero-order valence-corrected chi connectivity index (χ0v) is 16.7. The molecule has 2 aliphatic heterocycles. The van der Waals surface area contributed by atoms with E-state index < -0.39 is 0 Å². The summed E-state index contributed by atoms with van der Waals surface area (Å²) in [4.78, 5) is 4.65. The lowest BCUT2D eigenvalue weighted by molar-refractivity contribution is -0.105. The molecule has 0 aliphatic carbocycles. The quantitative estimate of drug-likeness (QED) is 0.766. The van der Waals surface area contributed by atoms with Gasteiger partial charge in [-0.15, -0.1) is 0 Å². The highest BCUT2D eigenvalue weighted by atomic mass is 17.0. The predicted molar refractivity (Wildman–Crippen MR) is 105 cm³/mol. The smallest absolute Gasteiger partial charge is 0.225 e. The number of hydrogen-bond donors (Lipinski definition) is 1. The summed E-state index contributed by atoms with van der Waals surface area (Å²) in [6.07, 6.45) is 2.30. The molecule has 2 aromatic rings. The van der Waals surface area contributed by atoms with E-state index in [1.165, 1.54) is 12.0 Å². The molecule has 2 saturated heterocycles. The van der Waals surface area contributed by atoms with Crippen LogP contribution in [0.1, 0.15) is 25.8 Å². The van der Waals surface area contributed by atoms with Crippen molar-refractivity contribution < 1.29 is 24.5 Å². The fourth-order valence-electron chi connectivity index (χ4n) is 3.66. The number of aliphatic hydroxyl groups excluding tert-OH is 1. The van der Waals surface area contributed by atoms with Crippen molar-refractivity contribution in [1.29, 1.82) is 0 Å². The van der Waals surface area contributed by atoms with Crippen LogP contribution in [-0.4, -0.2) is 79.5 Å². The second kappa shape index (κ2) is 9.71. The number of likely N-dealkylation sites (tertiary alicyclic amines) is 1. The molecular formula is C20H34N2O5. The molecule has 1 aromatic carbocycles. The minimum atomic E-state index is 0. The van der Waals surface area contributed by atoms with Crippen molar-refractivity contribution in [2.75, 3.05) is 53.0 Å². The van der Waals surface area contributed by atoms with Crippen LogP contribution in [0, 0.1) is 5.41 Å². The fourth-order valence-corrected chi connectivity index (χ4v) is 3.66. The largest absolute Gasteiger partial charge is 0.412 e. The molecule has 1 atom stereocenters. The molecule has 3 N–H and O–H groups in total. The molecule has 1 spiro atoms. The molecule has 7 heteroatoms. The van der Waals surface area contributed by atoms with Crippen molar-refractivity contribution in [3.63, 3.8) is 0 Å². The molecule has 1 aromatic heterocycles. The Morgan fingerprint density at radius 3 is 2.48 bits per heavy atom. The van der Waals surface area contributed by atoms with Crippen molar-refractivity contribution in [2.24, 2.45) is 5.41 Å². The second-order valence-electron chi connectivity index (χ2n) is 7.82. The number of likely N-dealkylation sites (N-methyl/N-ethyl adjacent to an activating group) is 1. The van der Waals surface area contributed by atoms with Gasteiger partial charge in [-0.2, -0.15) is 0 Å². The van der Waals surface area contributed by atoms with E-state index in [2.05, 4.69) is 42.8 Å². The molecule has 0 amide bonds. The third-order valence-corrected chi connectivity index (χ3v) is 5.76. The maximum Gasteiger partial charge on any atom is 0.225 e. The van der Waals surface area contributed by atoms with Crippen molar-refractivity contribution in [3.8, 4) is 0 Å². The van der Waals surface area contributed by atoms with Crippen LogP contribution >= 0.6 is 0 Å². The van der Waals surface area contributed by atoms with Crippen molar-refractivity contribution in [1.82, 2.24) is 9.80 Å². The van der Waals surface area contributed by atoms with E-state index in [1.807, 2.05) is 6.07 Å². The van der Waals surface area contributed by atoms with Crippen LogP contribution in [0.15, 0.2) is 27.4 Å². The number of rotatable bonds is 6. The van der Waals surface area contributed by atoms with Crippen molar-refractivity contribution in [3.05, 3.63) is 23.8 Å². The summed E-state index contributed by atoms with van der Waals surface area (Å²) in [5.74, 6) is 0. The lowest BCUT2D eigenvalue weighted by Crippen LogP contribution is -2.44. The Hall–Kier alpha value is -1.38. The number of ether oxygens (including phenoxy) is 1. The number of β-amino-alcohol motifs (C(OH)–C–C–N with tert-alkyl or cyclic N) is 1. The average molecular weight is 383 g/mol. The van der Waals surface area contributed by atoms with E-state index in [0.29, 0.717) is 11.5 Å². The van der Waals surface area contributed by atoms with Crippen LogP contribution in [0.4, 0.5) is 0 Å². The maximum absolute atomic E-state index is 8.71. The van der Waals surface area contributed by atoms with Gasteiger partial charge in [0.25, 0.3) is 0 Å². The number of fused-ring (bicyclic) bond motifs is 1. The Kier molecular flexibility index (Phi) is 7.88. The van der Waals surface area contributed by atoms with E-state index in [-0.39, 0.29) is 12.1 Å². The summed E-state index contributed by atoms with van der Waals surface area (Å²) in [5.41, 5.74) is 3.48. The van der Waals surface area contributed by atoms with Gasteiger partial charge >= 0.3 is 0 Å². The van der Waals surface area contributed by atoms with E-state index in [9.17, 15) is 0 Å². The molecular weight excluding hydrogens is 348 g/mol. The number of aliphatic hydroxyl groups is 1. The van der Waals surface area contributed by atoms with Crippen LogP contribution in [0.2, 0.25) is 0 Å². The van der Waals surface area contributed by atoms with Crippen LogP contribution in [0.3, 0.4) is 0 Å². The summed E-state index contributed by atoms with van der Waals surface area (Å²) < 4.78 is 14.9. The lowest BCUT2D eigenvalue weighted by Gasteiger charge is -2.37. The molecule has 3 heterocycles. The molecule has 154 valence electrons. The molecule has 0 radical (unpaired) electrons. The first-order chi connectivity index (χ1) is 12.5. The third kappa shape index (κ3) is 5.33. The summed E-state index contributed by atoms with van der Waals surface area (Å²) in [7, 11) is 2.14. The maximum atomic E-state index is 8.71. The molecule has 2 fully saturated rings. The van der Waals surface area contributed by atoms with Crippen LogP contribution in [0.5, 0.6) is 0 Å². The molecule has 27 heavy (non-hydrogen) atoms. The highest BCUT2D eigenvalue weighted by Gasteiger charge is 2.43. The minimum Gasteiger partial charge on any atom is -0.412 e. The predicted octanol–water partition coefficient (Wildman–Crippen LogP) is 1.78. The molecule has 7 nitrogen and oxygen atoms in total. The second-order valence-corrected chi connectivity index (χ2v) is 7.82. The van der Waals surface area contributed by atoms with Crippen molar-refractivity contribution in [2.45, 2.75) is 32.7 Å². The van der Waals surface area contributed by atoms with Crippen LogP contribution in [0.25, 0.3) is 11.2 Å². The lowest BCUT2D eigenvalue weighted by atomic mass is 9.85. The van der Waals surface area contributed by atoms with E-state index >= 15 is 0 Å². The van der Waals surface area contributed by atoms with Crippen LogP contribution in [-0.2, 0) is 11.2 Å². The zero-order valence-electron chi connectivity index (χ0n) is 16.7. The van der Waals surface area contributed by atoms with Gasteiger partial charge in [0.1, 0.15) is 0 Å². The van der Waals surface area contributed by atoms with Gasteiger partial charge in [0.15, 0.2) is 0 Å². The Balaban J connectivity index is 0.000000194. The summed E-state index contributed by atoms with van der Waals surface area (Å²) in [5, 5.41) is 8.71. The van der Waals surface area contributed by atoms with Gasteiger partial charge in [-0.25, -0.2) is 0 Å². The van der Waals surface area contributed by atoms with Crippen molar-refractivity contribution >= 4 is 11.2 Å². The van der Waals surface area contributed by atoms with Gasteiger partial charge in [-0.05, 0) is 57.6 Å². The first kappa shape index (κ1) is 21.9. The van der Waals surface area contributed by atoms with E-state index in [4.69, 9.17) is 19.0 Å². The van der Waals surface area contributed by atoms with Gasteiger partial charge in [0.2, 0.25) is 11.2 Å². The monoisotopic (exact) mass is 382 g/mol. The highest BCUT2D eigenvalue weighted by Crippen LogP contribution is 2.37. The number of benzene rings is 1. The van der Waals surface area contributed by atoms with E-state index in [0.717, 1.165) is 57.0 Å². The van der Waals surface area contributed by atoms with Gasteiger partial charge in [-0.1, -0.05) is 13.0 Å². The molecule has 0 bridgehead atoms. The summed E-state index contributed by atoms with van der Waals surface area (Å²) in [6.45, 7) is 10.8. The Labute approximate surface area is 161 Å². The molecule has 2 aliphatic rings. The SMILES string of the molecule is CCN(C)C(C)Cc1ccc2ooc2c1.O.OCCN1CCC2(COC2)C1. The third-order valence-electron chi connectivity index (χ3n) is 5.76. The van der Waals surface area contributed by atoms with E-state index in [1.54, 1.807) is 0 Å². The van der Waals surface area contributed by atoms with Gasteiger partial charge in [0.05, 0.1) is 19.8 Å². The number of hydrogen-bond acceptors (Lipinski definition) is 6. The average Bonchev–Trinajstić information content (AvgIpc) is 3.02. The van der Waals surface area contributed by atoms with Gasteiger partial charge < -0.3 is 25.1 Å². The molecule has 1 unspecified atom stereocenters. The fraction of sp³-hybridized carbons (Fsp3) is 0.700. The Bertz CT molecular complexity index is 679. The minimum absolute atomic E-state index is 0.